The fraction of sp³-hybridized carbons (Fsp3) is 0.143. The van der Waals surface area contributed by atoms with Crippen molar-refractivity contribution in [3.8, 4) is 11.3 Å². The molecule has 0 atom stereocenters. The summed E-state index contributed by atoms with van der Waals surface area (Å²) in [6, 6.07) is 25.7. The molecule has 0 amide bonds. The van der Waals surface area contributed by atoms with E-state index in [-0.39, 0.29) is 0 Å². The van der Waals surface area contributed by atoms with Crippen LogP contribution in [0.2, 0.25) is 0 Å². The summed E-state index contributed by atoms with van der Waals surface area (Å²) in [6.07, 6.45) is 1.90. The first-order valence-corrected chi connectivity index (χ1v) is 10.7. The summed E-state index contributed by atoms with van der Waals surface area (Å²) < 4.78 is 8.54. The van der Waals surface area contributed by atoms with Crippen molar-refractivity contribution in [2.75, 3.05) is 0 Å². The predicted molar refractivity (Wildman–Crippen MR) is 127 cm³/mol. The highest BCUT2D eigenvalue weighted by Crippen LogP contribution is 2.39. The van der Waals surface area contributed by atoms with Crippen LogP contribution in [0.5, 0.6) is 0 Å². The van der Waals surface area contributed by atoms with Crippen LogP contribution >= 0.6 is 0 Å². The summed E-state index contributed by atoms with van der Waals surface area (Å²) in [5.74, 6) is 0.461. The van der Waals surface area contributed by atoms with E-state index in [1.165, 1.54) is 32.7 Å². The van der Waals surface area contributed by atoms with E-state index >= 15 is 0 Å². The third-order valence-corrected chi connectivity index (χ3v) is 6.32. The number of fused-ring (bicyclic) bond motifs is 6. The molecule has 0 aliphatic rings. The predicted octanol–water partition coefficient (Wildman–Crippen LogP) is 6.90. The van der Waals surface area contributed by atoms with Gasteiger partial charge in [-0.15, -0.1) is 0 Å². The van der Waals surface area contributed by atoms with Crippen molar-refractivity contribution in [1.29, 1.82) is 0 Å². The van der Waals surface area contributed by atoms with Gasteiger partial charge in [-0.1, -0.05) is 74.5 Å². The average molecular weight is 404 g/mol. The molecule has 0 aliphatic carbocycles. The molecule has 6 rings (SSSR count). The number of aryl methyl sites for hydroxylation is 1. The van der Waals surface area contributed by atoms with Crippen LogP contribution in [0.1, 0.15) is 25.3 Å². The number of furan rings is 1. The first kappa shape index (κ1) is 18.1. The molecule has 2 heterocycles. The van der Waals surface area contributed by atoms with Gasteiger partial charge in [-0.25, -0.2) is 4.57 Å². The summed E-state index contributed by atoms with van der Waals surface area (Å²) in [5, 5.41) is 5.98. The monoisotopic (exact) mass is 403 g/mol. The maximum absolute atomic E-state index is 6.47. The van der Waals surface area contributed by atoms with E-state index in [0.29, 0.717) is 5.92 Å². The van der Waals surface area contributed by atoms with E-state index in [9.17, 15) is 0 Å². The van der Waals surface area contributed by atoms with Crippen molar-refractivity contribution in [2.45, 2.75) is 19.8 Å². The van der Waals surface area contributed by atoms with Gasteiger partial charge in [-0.2, -0.15) is 0 Å². The standard InChI is InChI=1S/C28H23N2O/c1-17(2)19-13-14-23(22-11-7-6-10-21(19)22)27-28-26(29-16-30(27)3)25-20-9-5-4-8-18(20)12-15-24(25)31-28/h4-17H,1-3H3/q+1. The Labute approximate surface area is 180 Å². The van der Waals surface area contributed by atoms with Gasteiger partial charge in [0, 0.05) is 5.56 Å². The average Bonchev–Trinajstić information content (AvgIpc) is 3.17. The summed E-state index contributed by atoms with van der Waals surface area (Å²) in [7, 11) is 2.04. The van der Waals surface area contributed by atoms with E-state index in [4.69, 9.17) is 9.40 Å². The van der Waals surface area contributed by atoms with Gasteiger partial charge < -0.3 is 4.42 Å². The molecule has 3 nitrogen and oxygen atoms in total. The first-order chi connectivity index (χ1) is 15.1. The molecule has 6 aromatic rings. The fourth-order valence-corrected chi connectivity index (χ4v) is 4.84. The van der Waals surface area contributed by atoms with Crippen LogP contribution in [0.3, 0.4) is 0 Å². The molecular weight excluding hydrogens is 380 g/mol. The summed E-state index contributed by atoms with van der Waals surface area (Å²) >= 11 is 0. The minimum Gasteiger partial charge on any atom is -0.447 e. The van der Waals surface area contributed by atoms with E-state index in [1.54, 1.807) is 0 Å². The van der Waals surface area contributed by atoms with Crippen LogP contribution < -0.4 is 4.57 Å². The van der Waals surface area contributed by atoms with Crippen LogP contribution in [-0.2, 0) is 7.05 Å². The Morgan fingerprint density at radius 2 is 1.55 bits per heavy atom. The van der Waals surface area contributed by atoms with Crippen molar-refractivity contribution in [3.63, 3.8) is 0 Å². The lowest BCUT2D eigenvalue weighted by atomic mass is 9.92. The Morgan fingerprint density at radius 1 is 0.806 bits per heavy atom. The molecule has 0 bridgehead atoms. The maximum Gasteiger partial charge on any atom is 0.287 e. The highest BCUT2D eigenvalue weighted by atomic mass is 16.3. The maximum atomic E-state index is 6.47. The fourth-order valence-electron chi connectivity index (χ4n) is 4.84. The number of rotatable bonds is 2. The summed E-state index contributed by atoms with van der Waals surface area (Å²) in [6.45, 7) is 4.49. The van der Waals surface area contributed by atoms with Gasteiger partial charge in [-0.3, -0.25) is 0 Å². The Bertz CT molecular complexity index is 1630. The number of nitrogens with zero attached hydrogens (tertiary/aromatic N) is 2. The molecule has 3 heteroatoms. The highest BCUT2D eigenvalue weighted by Gasteiger charge is 2.25. The molecule has 4 aromatic carbocycles. The Hall–Kier alpha value is -3.72. The molecule has 0 fully saturated rings. The van der Waals surface area contributed by atoms with Crippen LogP contribution in [0.25, 0.3) is 54.9 Å². The normalized spacial score (nSPS) is 12.0. The molecule has 31 heavy (non-hydrogen) atoms. The Kier molecular flexibility index (Phi) is 3.87. The van der Waals surface area contributed by atoms with Crippen molar-refractivity contribution >= 4 is 43.6 Å². The van der Waals surface area contributed by atoms with Gasteiger partial charge in [0.2, 0.25) is 11.1 Å². The first-order valence-electron chi connectivity index (χ1n) is 10.7. The minimum atomic E-state index is 0.461. The molecule has 0 radical (unpaired) electrons. The second-order valence-corrected chi connectivity index (χ2v) is 8.55. The molecule has 0 spiro atoms. The number of benzene rings is 4. The number of aromatic nitrogens is 2. The largest absolute Gasteiger partial charge is 0.447 e. The van der Waals surface area contributed by atoms with Crippen LogP contribution in [-0.4, -0.2) is 4.98 Å². The Morgan fingerprint density at radius 3 is 2.35 bits per heavy atom. The Balaban J connectivity index is 1.76. The van der Waals surface area contributed by atoms with Crippen molar-refractivity contribution in [1.82, 2.24) is 4.98 Å². The van der Waals surface area contributed by atoms with Gasteiger partial charge in [0.05, 0.1) is 12.4 Å². The van der Waals surface area contributed by atoms with Crippen molar-refractivity contribution in [2.24, 2.45) is 7.05 Å². The second-order valence-electron chi connectivity index (χ2n) is 8.55. The SMILES string of the molecule is CC(C)c1ccc(-c2c3oc4ccc5ccccc5c4c3nc[n+]2C)c2ccccc12. The zero-order chi connectivity index (χ0) is 21.1. The molecular formula is C28H23N2O+. The number of hydrogen-bond acceptors (Lipinski definition) is 2. The molecule has 0 N–H and O–H groups in total. The third-order valence-electron chi connectivity index (χ3n) is 6.32. The van der Waals surface area contributed by atoms with Gasteiger partial charge in [0.1, 0.15) is 5.58 Å². The summed E-state index contributed by atoms with van der Waals surface area (Å²) in [4.78, 5) is 4.80. The second kappa shape index (κ2) is 6.64. The molecule has 150 valence electrons. The van der Waals surface area contributed by atoms with E-state index < -0.39 is 0 Å². The quantitative estimate of drug-likeness (QED) is 0.294. The lowest BCUT2D eigenvalue weighted by Gasteiger charge is -2.13. The van der Waals surface area contributed by atoms with E-state index in [0.717, 1.165) is 27.8 Å². The van der Waals surface area contributed by atoms with Gasteiger partial charge in [0.25, 0.3) is 6.33 Å². The highest BCUT2D eigenvalue weighted by molar-refractivity contribution is 6.19. The van der Waals surface area contributed by atoms with E-state index in [1.807, 2.05) is 13.4 Å². The minimum absolute atomic E-state index is 0.461. The molecule has 0 saturated heterocycles. The van der Waals surface area contributed by atoms with Crippen molar-refractivity contribution in [3.05, 3.63) is 84.7 Å². The van der Waals surface area contributed by atoms with Gasteiger partial charge in [0.15, 0.2) is 5.69 Å². The molecule has 0 saturated carbocycles. The molecule has 0 aliphatic heterocycles. The lowest BCUT2D eigenvalue weighted by molar-refractivity contribution is -0.662. The molecule has 0 unspecified atom stereocenters. The van der Waals surface area contributed by atoms with Crippen LogP contribution in [0.4, 0.5) is 0 Å². The molecule has 2 aromatic heterocycles. The topological polar surface area (TPSA) is 29.9 Å². The number of hydrogen-bond donors (Lipinski definition) is 0. The van der Waals surface area contributed by atoms with Crippen LogP contribution in [0, 0.1) is 0 Å². The van der Waals surface area contributed by atoms with Gasteiger partial charge in [-0.05, 0) is 50.1 Å². The summed E-state index contributed by atoms with van der Waals surface area (Å²) in [5.41, 5.74) is 6.20. The zero-order valence-electron chi connectivity index (χ0n) is 17.9. The zero-order valence-corrected chi connectivity index (χ0v) is 17.9. The smallest absolute Gasteiger partial charge is 0.287 e. The van der Waals surface area contributed by atoms with Gasteiger partial charge >= 0.3 is 0 Å². The lowest BCUT2D eigenvalue weighted by Crippen LogP contribution is -2.31. The van der Waals surface area contributed by atoms with Crippen LogP contribution in [0.15, 0.2) is 83.5 Å². The van der Waals surface area contributed by atoms with Crippen molar-refractivity contribution < 1.29 is 8.98 Å². The third kappa shape index (κ3) is 2.59. The van der Waals surface area contributed by atoms with E-state index in [2.05, 4.69) is 91.2 Å².